The second-order valence-electron chi connectivity index (χ2n) is 6.48. The zero-order chi connectivity index (χ0) is 15.1. The first-order chi connectivity index (χ1) is 10.2. The van der Waals surface area contributed by atoms with Crippen molar-refractivity contribution in [3.63, 3.8) is 0 Å². The van der Waals surface area contributed by atoms with Crippen molar-refractivity contribution in [3.8, 4) is 5.75 Å². The summed E-state index contributed by atoms with van der Waals surface area (Å²) < 4.78 is 5.82. The molecule has 0 saturated carbocycles. The molecular formula is C18H30N2O. The van der Waals surface area contributed by atoms with Crippen molar-refractivity contribution in [1.82, 2.24) is 4.90 Å². The number of hydrogen-bond donors (Lipinski definition) is 1. The first-order valence-electron chi connectivity index (χ1n) is 8.33. The van der Waals surface area contributed by atoms with E-state index in [1.54, 1.807) is 0 Å². The van der Waals surface area contributed by atoms with E-state index in [0.29, 0.717) is 6.54 Å². The van der Waals surface area contributed by atoms with Crippen molar-refractivity contribution in [2.75, 3.05) is 26.2 Å². The molecule has 118 valence electrons. The van der Waals surface area contributed by atoms with Crippen LogP contribution in [0, 0.1) is 11.8 Å². The molecule has 0 unspecified atom stereocenters. The lowest BCUT2D eigenvalue weighted by Crippen LogP contribution is -2.36. The summed E-state index contributed by atoms with van der Waals surface area (Å²) in [7, 11) is 0. The lowest BCUT2D eigenvalue weighted by atomic mass is 9.87. The Morgan fingerprint density at radius 2 is 2.05 bits per heavy atom. The van der Waals surface area contributed by atoms with Gasteiger partial charge in [-0.1, -0.05) is 26.0 Å². The second kappa shape index (κ2) is 8.40. The van der Waals surface area contributed by atoms with E-state index in [1.165, 1.54) is 25.9 Å². The van der Waals surface area contributed by atoms with Crippen LogP contribution >= 0.6 is 0 Å². The van der Waals surface area contributed by atoms with E-state index < -0.39 is 0 Å². The smallest absolute Gasteiger partial charge is 0.119 e. The van der Waals surface area contributed by atoms with Crippen LogP contribution in [0.3, 0.4) is 0 Å². The van der Waals surface area contributed by atoms with Gasteiger partial charge in [-0.05, 0) is 61.9 Å². The van der Waals surface area contributed by atoms with Gasteiger partial charge < -0.3 is 15.4 Å². The molecule has 1 fully saturated rings. The van der Waals surface area contributed by atoms with E-state index in [0.717, 1.165) is 42.7 Å². The number of likely N-dealkylation sites (tertiary alicyclic amines) is 1. The first-order valence-corrected chi connectivity index (χ1v) is 8.33. The minimum atomic E-state index is 0.571. The number of benzene rings is 1. The van der Waals surface area contributed by atoms with E-state index >= 15 is 0 Å². The maximum Gasteiger partial charge on any atom is 0.119 e. The van der Waals surface area contributed by atoms with Gasteiger partial charge in [0.25, 0.3) is 0 Å². The normalized spacial score (nSPS) is 17.3. The SMILES string of the molecule is CC(C)C1CCN(CCCOc2cccc(CN)c2)CC1. The summed E-state index contributed by atoms with van der Waals surface area (Å²) in [4.78, 5) is 2.58. The van der Waals surface area contributed by atoms with Crippen LogP contribution in [-0.2, 0) is 6.54 Å². The Bertz CT molecular complexity index is 411. The highest BCUT2D eigenvalue weighted by Crippen LogP contribution is 2.24. The molecule has 3 nitrogen and oxygen atoms in total. The summed E-state index contributed by atoms with van der Waals surface area (Å²) >= 11 is 0. The largest absolute Gasteiger partial charge is 0.494 e. The molecule has 0 bridgehead atoms. The molecule has 0 amide bonds. The van der Waals surface area contributed by atoms with Crippen LogP contribution in [0.15, 0.2) is 24.3 Å². The Morgan fingerprint density at radius 3 is 2.71 bits per heavy atom. The number of piperidine rings is 1. The maximum absolute atomic E-state index is 5.82. The Labute approximate surface area is 129 Å². The molecule has 0 aromatic heterocycles. The molecule has 3 heteroatoms. The highest BCUT2D eigenvalue weighted by Gasteiger charge is 2.20. The number of hydrogen-bond acceptors (Lipinski definition) is 3. The maximum atomic E-state index is 5.82. The molecule has 1 aromatic carbocycles. The fourth-order valence-electron chi connectivity index (χ4n) is 3.08. The van der Waals surface area contributed by atoms with Gasteiger partial charge in [-0.15, -0.1) is 0 Å². The van der Waals surface area contributed by atoms with Gasteiger partial charge in [0.2, 0.25) is 0 Å². The predicted molar refractivity (Wildman–Crippen MR) is 88.4 cm³/mol. The van der Waals surface area contributed by atoms with Gasteiger partial charge in [-0.3, -0.25) is 0 Å². The van der Waals surface area contributed by atoms with E-state index in [4.69, 9.17) is 10.5 Å². The standard InChI is InChI=1S/C18H30N2O/c1-15(2)17-7-10-20(11-8-17)9-4-12-21-18-6-3-5-16(13-18)14-19/h3,5-6,13,15,17H,4,7-12,14,19H2,1-2H3. The Hall–Kier alpha value is -1.06. The minimum Gasteiger partial charge on any atom is -0.494 e. The van der Waals surface area contributed by atoms with Crippen LogP contribution in [0.5, 0.6) is 5.75 Å². The quantitative estimate of drug-likeness (QED) is 0.783. The molecule has 0 atom stereocenters. The Balaban J connectivity index is 1.62. The first kappa shape index (κ1) is 16.3. The summed E-state index contributed by atoms with van der Waals surface area (Å²) in [5, 5.41) is 0. The summed E-state index contributed by atoms with van der Waals surface area (Å²) in [6.45, 7) is 9.73. The van der Waals surface area contributed by atoms with Crippen LogP contribution in [0.25, 0.3) is 0 Å². The zero-order valence-corrected chi connectivity index (χ0v) is 13.6. The van der Waals surface area contributed by atoms with Crippen LogP contribution in [0.4, 0.5) is 0 Å². The van der Waals surface area contributed by atoms with Gasteiger partial charge in [-0.25, -0.2) is 0 Å². The van der Waals surface area contributed by atoms with Crippen LogP contribution in [-0.4, -0.2) is 31.1 Å². The predicted octanol–water partition coefficient (Wildman–Crippen LogP) is 3.28. The fourth-order valence-corrected chi connectivity index (χ4v) is 3.08. The third-order valence-electron chi connectivity index (χ3n) is 4.60. The lowest BCUT2D eigenvalue weighted by molar-refractivity contribution is 0.149. The summed E-state index contributed by atoms with van der Waals surface area (Å²) in [5.41, 5.74) is 6.77. The van der Waals surface area contributed by atoms with Crippen molar-refractivity contribution in [2.45, 2.75) is 39.7 Å². The molecule has 0 aliphatic carbocycles. The van der Waals surface area contributed by atoms with Crippen LogP contribution in [0.2, 0.25) is 0 Å². The topological polar surface area (TPSA) is 38.5 Å². The van der Waals surface area contributed by atoms with E-state index in [1.807, 2.05) is 24.3 Å². The number of nitrogens with two attached hydrogens (primary N) is 1. The molecule has 1 aliphatic heterocycles. The van der Waals surface area contributed by atoms with Gasteiger partial charge in [0.1, 0.15) is 5.75 Å². The number of rotatable bonds is 7. The molecule has 1 saturated heterocycles. The molecule has 2 N–H and O–H groups in total. The molecule has 21 heavy (non-hydrogen) atoms. The van der Waals surface area contributed by atoms with Crippen LogP contribution in [0.1, 0.15) is 38.7 Å². The third kappa shape index (κ3) is 5.33. The molecule has 2 rings (SSSR count). The monoisotopic (exact) mass is 290 g/mol. The molecule has 0 spiro atoms. The summed E-state index contributed by atoms with van der Waals surface area (Å²) in [6.07, 6.45) is 3.81. The van der Waals surface area contributed by atoms with Gasteiger partial charge in [0.15, 0.2) is 0 Å². The van der Waals surface area contributed by atoms with E-state index in [2.05, 4.69) is 18.7 Å². The van der Waals surface area contributed by atoms with E-state index in [-0.39, 0.29) is 0 Å². The Kier molecular flexibility index (Phi) is 6.52. The van der Waals surface area contributed by atoms with Gasteiger partial charge >= 0.3 is 0 Å². The average Bonchev–Trinajstić information content (AvgIpc) is 2.52. The Morgan fingerprint density at radius 1 is 1.29 bits per heavy atom. The van der Waals surface area contributed by atoms with Gasteiger partial charge in [0.05, 0.1) is 6.61 Å². The van der Waals surface area contributed by atoms with Crippen LogP contribution < -0.4 is 10.5 Å². The molecule has 1 aliphatic rings. The minimum absolute atomic E-state index is 0.571. The van der Waals surface area contributed by atoms with E-state index in [9.17, 15) is 0 Å². The molecular weight excluding hydrogens is 260 g/mol. The second-order valence-corrected chi connectivity index (χ2v) is 6.48. The van der Waals surface area contributed by atoms with Gasteiger partial charge in [-0.2, -0.15) is 0 Å². The third-order valence-corrected chi connectivity index (χ3v) is 4.60. The highest BCUT2D eigenvalue weighted by atomic mass is 16.5. The van der Waals surface area contributed by atoms with Crippen molar-refractivity contribution in [3.05, 3.63) is 29.8 Å². The highest BCUT2D eigenvalue weighted by molar-refractivity contribution is 5.28. The van der Waals surface area contributed by atoms with Crippen molar-refractivity contribution >= 4 is 0 Å². The van der Waals surface area contributed by atoms with Crippen molar-refractivity contribution < 1.29 is 4.74 Å². The summed E-state index contributed by atoms with van der Waals surface area (Å²) in [5.74, 6) is 2.71. The average molecular weight is 290 g/mol. The number of ether oxygens (including phenoxy) is 1. The lowest BCUT2D eigenvalue weighted by Gasteiger charge is -2.33. The zero-order valence-electron chi connectivity index (χ0n) is 13.6. The van der Waals surface area contributed by atoms with Crippen molar-refractivity contribution in [2.24, 2.45) is 17.6 Å². The van der Waals surface area contributed by atoms with Crippen molar-refractivity contribution in [1.29, 1.82) is 0 Å². The summed E-state index contributed by atoms with van der Waals surface area (Å²) in [6, 6.07) is 8.08. The molecule has 0 radical (unpaired) electrons. The van der Waals surface area contributed by atoms with Gasteiger partial charge in [0, 0.05) is 13.1 Å². The molecule has 1 aromatic rings. The molecule has 1 heterocycles. The number of nitrogens with zero attached hydrogens (tertiary/aromatic N) is 1. The fraction of sp³-hybridized carbons (Fsp3) is 0.667.